The number of fused-ring (bicyclic) bond motifs is 3. The molecule has 0 aliphatic heterocycles. The van der Waals surface area contributed by atoms with Gasteiger partial charge in [0.25, 0.3) is 11.5 Å². The summed E-state index contributed by atoms with van der Waals surface area (Å²) in [4.78, 5) is 25.6. The zero-order valence-corrected chi connectivity index (χ0v) is 18.7. The minimum atomic E-state index is -0.0703. The molecule has 1 amide bonds. The molecule has 5 rings (SSSR count). The zero-order chi connectivity index (χ0) is 22.6. The molecule has 168 valence electrons. The highest BCUT2D eigenvalue weighted by Gasteiger charge is 2.19. The van der Waals surface area contributed by atoms with Crippen LogP contribution in [0.1, 0.15) is 52.0 Å². The van der Waals surface area contributed by atoms with E-state index in [2.05, 4.69) is 22.5 Å². The summed E-state index contributed by atoms with van der Waals surface area (Å²) in [5.74, 6) is -0.0703. The standard InChI is InChI=1S/C27H28N4O2/c32-26(28-16-6-9-20-7-2-1-3-8-20)22-14-12-21(13-15-22)19-30-17-18-31-25(27(30)33)23-10-4-5-11-24(23)29-31/h1-3,7-8,12-15,17-18H,4-6,9-11,16,19H2,(H,28,32). The Morgan fingerprint density at radius 1 is 0.939 bits per heavy atom. The Kier molecular flexibility index (Phi) is 6.07. The van der Waals surface area contributed by atoms with Crippen LogP contribution in [0.25, 0.3) is 5.52 Å². The number of nitrogens with zero attached hydrogens (tertiary/aromatic N) is 3. The van der Waals surface area contributed by atoms with Crippen LogP contribution in [-0.2, 0) is 25.8 Å². The van der Waals surface area contributed by atoms with Crippen molar-refractivity contribution in [3.8, 4) is 0 Å². The Labute approximate surface area is 192 Å². The molecule has 1 N–H and O–H groups in total. The fourth-order valence-corrected chi connectivity index (χ4v) is 4.58. The summed E-state index contributed by atoms with van der Waals surface area (Å²) < 4.78 is 3.46. The Balaban J connectivity index is 1.22. The monoisotopic (exact) mass is 440 g/mol. The van der Waals surface area contributed by atoms with Gasteiger partial charge in [-0.3, -0.25) is 9.59 Å². The number of carbonyl (C=O) groups excluding carboxylic acids is 1. The predicted molar refractivity (Wildman–Crippen MR) is 129 cm³/mol. The Morgan fingerprint density at radius 2 is 1.73 bits per heavy atom. The number of hydrogen-bond donors (Lipinski definition) is 1. The number of amides is 1. The molecule has 0 fully saturated rings. The van der Waals surface area contributed by atoms with Gasteiger partial charge in [-0.05, 0) is 61.8 Å². The topological polar surface area (TPSA) is 68.4 Å². The molecule has 33 heavy (non-hydrogen) atoms. The maximum Gasteiger partial charge on any atom is 0.277 e. The van der Waals surface area contributed by atoms with E-state index in [1.807, 2.05) is 48.7 Å². The molecule has 2 aromatic heterocycles. The molecule has 0 saturated heterocycles. The molecule has 4 aromatic rings. The van der Waals surface area contributed by atoms with Crippen LogP contribution in [0.15, 0.2) is 71.8 Å². The molecule has 0 bridgehead atoms. The second-order valence-corrected chi connectivity index (χ2v) is 8.70. The Hall–Kier alpha value is -3.67. The van der Waals surface area contributed by atoms with Crippen LogP contribution in [0.5, 0.6) is 0 Å². The van der Waals surface area contributed by atoms with Crippen molar-refractivity contribution in [1.29, 1.82) is 0 Å². The molecular formula is C27H28N4O2. The van der Waals surface area contributed by atoms with Gasteiger partial charge in [-0.15, -0.1) is 0 Å². The normalized spacial score (nSPS) is 13.1. The van der Waals surface area contributed by atoms with Crippen molar-refractivity contribution in [2.75, 3.05) is 6.54 Å². The van der Waals surface area contributed by atoms with E-state index in [1.54, 1.807) is 15.3 Å². The first-order chi connectivity index (χ1) is 16.2. The summed E-state index contributed by atoms with van der Waals surface area (Å²) >= 11 is 0. The average Bonchev–Trinajstić information content (AvgIpc) is 3.24. The lowest BCUT2D eigenvalue weighted by molar-refractivity contribution is 0.0953. The lowest BCUT2D eigenvalue weighted by Gasteiger charge is -2.10. The van der Waals surface area contributed by atoms with E-state index in [0.717, 1.165) is 55.3 Å². The van der Waals surface area contributed by atoms with Crippen LogP contribution in [-0.4, -0.2) is 26.6 Å². The van der Waals surface area contributed by atoms with E-state index in [-0.39, 0.29) is 11.5 Å². The third kappa shape index (κ3) is 4.60. The summed E-state index contributed by atoms with van der Waals surface area (Å²) in [7, 11) is 0. The second-order valence-electron chi connectivity index (χ2n) is 8.70. The van der Waals surface area contributed by atoms with Gasteiger partial charge in [-0.25, -0.2) is 4.52 Å². The molecule has 6 nitrogen and oxygen atoms in total. The predicted octanol–water partition coefficient (Wildman–Crippen LogP) is 3.79. The SMILES string of the molecule is O=C(NCCCc1ccccc1)c1ccc(Cn2ccn3nc4c(c3c2=O)CCCC4)cc1. The van der Waals surface area contributed by atoms with Crippen LogP contribution in [0, 0.1) is 0 Å². The highest BCUT2D eigenvalue weighted by Crippen LogP contribution is 2.22. The first kappa shape index (κ1) is 21.2. The smallest absolute Gasteiger partial charge is 0.277 e. The van der Waals surface area contributed by atoms with Gasteiger partial charge in [0.2, 0.25) is 0 Å². The summed E-state index contributed by atoms with van der Waals surface area (Å²) in [6, 6.07) is 17.8. The summed E-state index contributed by atoms with van der Waals surface area (Å²) in [6.07, 6.45) is 9.63. The lowest BCUT2D eigenvalue weighted by Crippen LogP contribution is -2.25. The van der Waals surface area contributed by atoms with Crippen LogP contribution >= 0.6 is 0 Å². The van der Waals surface area contributed by atoms with Gasteiger partial charge in [0.05, 0.1) is 12.2 Å². The van der Waals surface area contributed by atoms with Gasteiger partial charge in [-0.1, -0.05) is 42.5 Å². The van der Waals surface area contributed by atoms with Crippen molar-refractivity contribution in [2.24, 2.45) is 0 Å². The van der Waals surface area contributed by atoms with Crippen molar-refractivity contribution in [3.05, 3.63) is 105 Å². The number of carbonyl (C=O) groups is 1. The van der Waals surface area contributed by atoms with Gasteiger partial charge >= 0.3 is 0 Å². The van der Waals surface area contributed by atoms with Crippen LogP contribution in [0.2, 0.25) is 0 Å². The van der Waals surface area contributed by atoms with E-state index in [1.165, 1.54) is 5.56 Å². The molecule has 0 spiro atoms. The second kappa shape index (κ2) is 9.45. The van der Waals surface area contributed by atoms with Crippen molar-refractivity contribution < 1.29 is 4.79 Å². The number of aryl methyl sites for hydroxylation is 3. The summed E-state index contributed by atoms with van der Waals surface area (Å²) in [5.41, 5.74) is 5.77. The zero-order valence-electron chi connectivity index (χ0n) is 18.7. The number of benzene rings is 2. The van der Waals surface area contributed by atoms with E-state index in [9.17, 15) is 9.59 Å². The van der Waals surface area contributed by atoms with E-state index >= 15 is 0 Å². The van der Waals surface area contributed by atoms with Crippen molar-refractivity contribution in [1.82, 2.24) is 19.5 Å². The van der Waals surface area contributed by atoms with Crippen molar-refractivity contribution >= 4 is 11.4 Å². The molecular weight excluding hydrogens is 412 g/mol. The van der Waals surface area contributed by atoms with Crippen LogP contribution < -0.4 is 10.9 Å². The highest BCUT2D eigenvalue weighted by molar-refractivity contribution is 5.94. The third-order valence-electron chi connectivity index (χ3n) is 6.37. The van der Waals surface area contributed by atoms with Crippen molar-refractivity contribution in [3.63, 3.8) is 0 Å². The van der Waals surface area contributed by atoms with Gasteiger partial charge in [0.1, 0.15) is 5.52 Å². The quantitative estimate of drug-likeness (QED) is 0.445. The van der Waals surface area contributed by atoms with Gasteiger partial charge in [0, 0.05) is 30.1 Å². The van der Waals surface area contributed by atoms with Crippen LogP contribution in [0.3, 0.4) is 0 Å². The molecule has 0 saturated carbocycles. The summed E-state index contributed by atoms with van der Waals surface area (Å²) in [6.45, 7) is 1.11. The number of rotatable bonds is 7. The van der Waals surface area contributed by atoms with Crippen molar-refractivity contribution in [2.45, 2.75) is 45.1 Å². The molecule has 1 aliphatic carbocycles. The highest BCUT2D eigenvalue weighted by atomic mass is 16.1. The fourth-order valence-electron chi connectivity index (χ4n) is 4.58. The molecule has 2 aromatic carbocycles. The minimum Gasteiger partial charge on any atom is -0.352 e. The van der Waals surface area contributed by atoms with Gasteiger partial charge in [-0.2, -0.15) is 5.10 Å². The Bertz CT molecular complexity index is 1320. The first-order valence-corrected chi connectivity index (χ1v) is 11.7. The number of aromatic nitrogens is 3. The lowest BCUT2D eigenvalue weighted by atomic mass is 9.97. The van der Waals surface area contributed by atoms with E-state index in [0.29, 0.717) is 24.2 Å². The summed E-state index contributed by atoms with van der Waals surface area (Å²) in [5, 5.41) is 7.59. The fraction of sp³-hybridized carbons (Fsp3) is 0.296. The van der Waals surface area contributed by atoms with Gasteiger partial charge in [0.15, 0.2) is 0 Å². The minimum absolute atomic E-state index is 0.00612. The van der Waals surface area contributed by atoms with E-state index in [4.69, 9.17) is 0 Å². The largest absolute Gasteiger partial charge is 0.352 e. The molecule has 1 aliphatic rings. The van der Waals surface area contributed by atoms with Gasteiger partial charge < -0.3 is 9.88 Å². The van der Waals surface area contributed by atoms with Crippen LogP contribution in [0.4, 0.5) is 0 Å². The first-order valence-electron chi connectivity index (χ1n) is 11.7. The van der Waals surface area contributed by atoms with E-state index < -0.39 is 0 Å². The number of hydrogen-bond acceptors (Lipinski definition) is 3. The number of nitrogens with one attached hydrogen (secondary N) is 1. The molecule has 0 atom stereocenters. The maximum absolute atomic E-state index is 13.1. The maximum atomic E-state index is 13.1. The Morgan fingerprint density at radius 3 is 2.55 bits per heavy atom. The molecule has 0 unspecified atom stereocenters. The average molecular weight is 441 g/mol. The molecule has 6 heteroatoms. The third-order valence-corrected chi connectivity index (χ3v) is 6.37. The molecule has 0 radical (unpaired) electrons. The molecule has 2 heterocycles.